The molecule has 0 saturated heterocycles. The van der Waals surface area contributed by atoms with E-state index < -0.39 is 5.54 Å². The van der Waals surface area contributed by atoms with Gasteiger partial charge in [-0.25, -0.2) is 0 Å². The highest BCUT2D eigenvalue weighted by molar-refractivity contribution is 5.93. The molecule has 6 nitrogen and oxygen atoms in total. The molecule has 2 rings (SSSR count). The van der Waals surface area contributed by atoms with Crippen molar-refractivity contribution in [1.29, 1.82) is 0 Å². The van der Waals surface area contributed by atoms with Crippen LogP contribution in [0.5, 0.6) is 0 Å². The third-order valence-corrected chi connectivity index (χ3v) is 4.23. The zero-order valence-corrected chi connectivity index (χ0v) is 15.6. The normalized spacial score (nSPS) is 15.2. The maximum absolute atomic E-state index is 12.6. The number of hydrogen-bond acceptors (Lipinski definition) is 4. The highest BCUT2D eigenvalue weighted by Gasteiger charge is 2.33. The molecule has 1 aliphatic rings. The Morgan fingerprint density at radius 1 is 1.29 bits per heavy atom. The van der Waals surface area contributed by atoms with Gasteiger partial charge in [-0.3, -0.25) is 14.3 Å². The van der Waals surface area contributed by atoms with Gasteiger partial charge in [-0.15, -0.1) is 0 Å². The zero-order chi connectivity index (χ0) is 18.1. The fraction of sp³-hybridized carbons (Fsp3) is 0.722. The fourth-order valence-corrected chi connectivity index (χ4v) is 2.66. The Labute approximate surface area is 143 Å². The minimum absolute atomic E-state index is 0.156. The van der Waals surface area contributed by atoms with Crippen LogP contribution in [0.25, 0.3) is 0 Å². The molecule has 1 N–H and O–H groups in total. The third kappa shape index (κ3) is 4.58. The predicted octanol–water partition coefficient (Wildman–Crippen LogP) is 2.98. The lowest BCUT2D eigenvalue weighted by Gasteiger charge is -2.25. The van der Waals surface area contributed by atoms with E-state index in [1.165, 1.54) is 7.11 Å². The van der Waals surface area contributed by atoms with Crippen molar-refractivity contribution >= 4 is 11.9 Å². The van der Waals surface area contributed by atoms with Gasteiger partial charge in [0.1, 0.15) is 5.69 Å². The average Bonchev–Trinajstić information content (AvgIpc) is 3.21. The van der Waals surface area contributed by atoms with Crippen molar-refractivity contribution in [2.75, 3.05) is 7.11 Å². The van der Waals surface area contributed by atoms with Crippen LogP contribution >= 0.6 is 0 Å². The van der Waals surface area contributed by atoms with E-state index in [1.807, 2.05) is 24.6 Å². The third-order valence-electron chi connectivity index (χ3n) is 4.23. The second-order valence-electron chi connectivity index (χ2n) is 8.23. The number of carbonyl (C=O) groups excluding carboxylic acids is 2. The number of nitrogens with one attached hydrogen (secondary N) is 1. The summed E-state index contributed by atoms with van der Waals surface area (Å²) in [5.74, 6) is 0.0470. The van der Waals surface area contributed by atoms with Gasteiger partial charge >= 0.3 is 5.97 Å². The molecule has 0 aromatic carbocycles. The molecular weight excluding hydrogens is 306 g/mol. The van der Waals surface area contributed by atoms with Crippen LogP contribution < -0.4 is 5.32 Å². The lowest BCUT2D eigenvalue weighted by molar-refractivity contribution is -0.141. The maximum Gasteiger partial charge on any atom is 0.305 e. The number of esters is 1. The van der Waals surface area contributed by atoms with Gasteiger partial charge in [0, 0.05) is 23.6 Å². The van der Waals surface area contributed by atoms with Gasteiger partial charge in [0.2, 0.25) is 0 Å². The van der Waals surface area contributed by atoms with E-state index in [0.29, 0.717) is 18.0 Å². The highest BCUT2D eigenvalue weighted by Crippen LogP contribution is 2.41. The monoisotopic (exact) mass is 335 g/mol. The SMILES string of the molecule is COC(=O)CCC(C)(C)NC(=O)c1cc(C2CC2)n(C(C)(C)C)n1. The van der Waals surface area contributed by atoms with Gasteiger partial charge in [0.15, 0.2) is 0 Å². The van der Waals surface area contributed by atoms with Crippen LogP contribution in [0.15, 0.2) is 6.07 Å². The second-order valence-corrected chi connectivity index (χ2v) is 8.23. The van der Waals surface area contributed by atoms with E-state index >= 15 is 0 Å². The molecule has 1 saturated carbocycles. The summed E-state index contributed by atoms with van der Waals surface area (Å²) in [5.41, 5.74) is 0.922. The largest absolute Gasteiger partial charge is 0.469 e. The van der Waals surface area contributed by atoms with Crippen LogP contribution in [0.1, 0.15) is 82.4 Å². The number of nitrogens with zero attached hydrogens (tertiary/aromatic N) is 2. The van der Waals surface area contributed by atoms with Gasteiger partial charge in [0.25, 0.3) is 5.91 Å². The molecule has 0 atom stereocenters. The summed E-state index contributed by atoms with van der Waals surface area (Å²) in [6, 6.07) is 1.91. The Kier molecular flexibility index (Phi) is 5.06. The molecule has 1 amide bonds. The Hall–Kier alpha value is -1.85. The maximum atomic E-state index is 12.6. The van der Waals surface area contributed by atoms with E-state index in [4.69, 9.17) is 0 Å². The van der Waals surface area contributed by atoms with Gasteiger partial charge < -0.3 is 10.1 Å². The Morgan fingerprint density at radius 3 is 2.42 bits per heavy atom. The first-order chi connectivity index (χ1) is 11.0. The van der Waals surface area contributed by atoms with Gasteiger partial charge in [-0.2, -0.15) is 5.10 Å². The Morgan fingerprint density at radius 2 is 1.92 bits per heavy atom. The smallest absolute Gasteiger partial charge is 0.305 e. The van der Waals surface area contributed by atoms with Crippen LogP contribution in [0.4, 0.5) is 0 Å². The van der Waals surface area contributed by atoms with Gasteiger partial charge in [-0.1, -0.05) is 0 Å². The average molecular weight is 335 g/mol. The summed E-state index contributed by atoms with van der Waals surface area (Å²) >= 11 is 0. The molecule has 0 aliphatic heterocycles. The molecule has 1 heterocycles. The number of methoxy groups -OCH3 is 1. The Balaban J connectivity index is 2.11. The standard InChI is InChI=1S/C18H29N3O3/c1-17(2,3)21-14(12-7-8-12)11-13(20-21)16(23)19-18(4,5)10-9-15(22)24-6/h11-12H,7-10H2,1-6H3,(H,19,23). The number of rotatable bonds is 6. The second kappa shape index (κ2) is 6.57. The van der Waals surface area contributed by atoms with Crippen LogP contribution in [-0.2, 0) is 15.1 Å². The first-order valence-electron chi connectivity index (χ1n) is 8.53. The van der Waals surface area contributed by atoms with Gasteiger partial charge in [-0.05, 0) is 59.9 Å². The van der Waals surface area contributed by atoms with Crippen molar-refractivity contribution < 1.29 is 14.3 Å². The number of hydrogen-bond donors (Lipinski definition) is 1. The van der Waals surface area contributed by atoms with E-state index in [9.17, 15) is 9.59 Å². The van der Waals surface area contributed by atoms with Crippen LogP contribution in [0.3, 0.4) is 0 Å². The number of ether oxygens (including phenoxy) is 1. The molecule has 0 bridgehead atoms. The summed E-state index contributed by atoms with van der Waals surface area (Å²) in [4.78, 5) is 23.9. The number of aromatic nitrogens is 2. The lowest BCUT2D eigenvalue weighted by Crippen LogP contribution is -2.44. The molecule has 1 aromatic heterocycles. The van der Waals surface area contributed by atoms with Crippen molar-refractivity contribution in [3.8, 4) is 0 Å². The number of carbonyl (C=O) groups is 2. The summed E-state index contributed by atoms with van der Waals surface area (Å²) in [7, 11) is 1.37. The molecule has 0 unspecified atom stereocenters. The van der Waals surface area contributed by atoms with E-state index in [0.717, 1.165) is 18.5 Å². The quantitative estimate of drug-likeness (QED) is 0.811. The molecule has 1 aliphatic carbocycles. The van der Waals surface area contributed by atoms with Crippen LogP contribution in [0.2, 0.25) is 0 Å². The minimum Gasteiger partial charge on any atom is -0.469 e. The molecular formula is C18H29N3O3. The summed E-state index contributed by atoms with van der Waals surface area (Å²) in [6.07, 6.45) is 3.11. The molecule has 134 valence electrons. The first-order valence-corrected chi connectivity index (χ1v) is 8.53. The topological polar surface area (TPSA) is 73.2 Å². The fourth-order valence-electron chi connectivity index (χ4n) is 2.66. The Bertz CT molecular complexity index is 622. The van der Waals surface area contributed by atoms with Gasteiger partial charge in [0.05, 0.1) is 12.6 Å². The molecule has 0 spiro atoms. The van der Waals surface area contributed by atoms with Crippen molar-refractivity contribution in [3.63, 3.8) is 0 Å². The van der Waals surface area contributed by atoms with Crippen molar-refractivity contribution in [3.05, 3.63) is 17.5 Å². The molecule has 6 heteroatoms. The number of amides is 1. The molecule has 1 fully saturated rings. The van der Waals surface area contributed by atoms with Crippen molar-refractivity contribution in [1.82, 2.24) is 15.1 Å². The summed E-state index contributed by atoms with van der Waals surface area (Å²) in [5, 5.41) is 7.53. The van der Waals surface area contributed by atoms with Crippen LogP contribution in [-0.4, -0.2) is 34.3 Å². The summed E-state index contributed by atoms with van der Waals surface area (Å²) < 4.78 is 6.63. The lowest BCUT2D eigenvalue weighted by atomic mass is 9.98. The van der Waals surface area contributed by atoms with E-state index in [-0.39, 0.29) is 23.8 Å². The van der Waals surface area contributed by atoms with E-state index in [2.05, 4.69) is 35.9 Å². The first kappa shape index (κ1) is 18.5. The zero-order valence-electron chi connectivity index (χ0n) is 15.6. The molecule has 24 heavy (non-hydrogen) atoms. The van der Waals surface area contributed by atoms with Crippen molar-refractivity contribution in [2.45, 2.75) is 77.3 Å². The van der Waals surface area contributed by atoms with Crippen LogP contribution in [0, 0.1) is 0 Å². The van der Waals surface area contributed by atoms with E-state index in [1.54, 1.807) is 0 Å². The van der Waals surface area contributed by atoms with Crippen molar-refractivity contribution in [2.24, 2.45) is 0 Å². The molecule has 1 aromatic rings. The molecule has 0 radical (unpaired) electrons. The highest BCUT2D eigenvalue weighted by atomic mass is 16.5. The minimum atomic E-state index is -0.503. The predicted molar refractivity (Wildman–Crippen MR) is 92.0 cm³/mol. The summed E-state index contributed by atoms with van der Waals surface area (Å²) in [6.45, 7) is 10.1.